The number of amides is 1. The van der Waals surface area contributed by atoms with Crippen LogP contribution in [0.4, 0.5) is 17.1 Å². The Hall–Kier alpha value is -3.67. The van der Waals surface area contributed by atoms with Gasteiger partial charge in [-0.05, 0) is 36.4 Å². The number of anilines is 3. The summed E-state index contributed by atoms with van der Waals surface area (Å²) >= 11 is 0. The van der Waals surface area contributed by atoms with E-state index in [0.29, 0.717) is 28.2 Å². The van der Waals surface area contributed by atoms with E-state index >= 15 is 0 Å². The molecule has 6 nitrogen and oxygen atoms in total. The lowest BCUT2D eigenvalue weighted by molar-refractivity contribution is 0.0600. The summed E-state index contributed by atoms with van der Waals surface area (Å²) in [6.45, 7) is 0. The van der Waals surface area contributed by atoms with Gasteiger partial charge in [-0.25, -0.2) is 4.79 Å². The molecule has 0 aliphatic carbocycles. The van der Waals surface area contributed by atoms with Gasteiger partial charge in [-0.2, -0.15) is 0 Å². The zero-order valence-electron chi connectivity index (χ0n) is 14.1. The van der Waals surface area contributed by atoms with E-state index in [1.807, 2.05) is 36.4 Å². The Morgan fingerprint density at radius 3 is 2.35 bits per heavy atom. The summed E-state index contributed by atoms with van der Waals surface area (Å²) in [6.07, 6.45) is 3.10. The molecule has 0 radical (unpaired) electrons. The van der Waals surface area contributed by atoms with E-state index in [0.717, 1.165) is 0 Å². The van der Waals surface area contributed by atoms with Crippen molar-refractivity contribution in [2.24, 2.45) is 0 Å². The van der Waals surface area contributed by atoms with Gasteiger partial charge in [0.15, 0.2) is 0 Å². The fourth-order valence-corrected chi connectivity index (χ4v) is 2.37. The lowest BCUT2D eigenvalue weighted by atomic mass is 10.2. The topological polar surface area (TPSA) is 80.3 Å². The molecule has 0 bridgehead atoms. The van der Waals surface area contributed by atoms with Crippen LogP contribution < -0.4 is 10.6 Å². The maximum absolute atomic E-state index is 12.4. The van der Waals surface area contributed by atoms with E-state index in [1.54, 1.807) is 30.5 Å². The summed E-state index contributed by atoms with van der Waals surface area (Å²) in [5.41, 5.74) is 2.89. The number of hydrogen-bond donors (Lipinski definition) is 2. The summed E-state index contributed by atoms with van der Waals surface area (Å²) in [5, 5.41) is 5.95. The van der Waals surface area contributed by atoms with Crippen molar-refractivity contribution in [3.63, 3.8) is 0 Å². The third-order valence-electron chi connectivity index (χ3n) is 3.60. The van der Waals surface area contributed by atoms with Crippen molar-refractivity contribution in [2.45, 2.75) is 0 Å². The van der Waals surface area contributed by atoms with Gasteiger partial charge in [0.1, 0.15) is 0 Å². The number of carbonyl (C=O) groups excluding carboxylic acids is 2. The molecule has 2 N–H and O–H groups in total. The lowest BCUT2D eigenvalue weighted by Gasteiger charge is -2.09. The maximum Gasteiger partial charge on any atom is 0.337 e. The molecule has 26 heavy (non-hydrogen) atoms. The smallest absolute Gasteiger partial charge is 0.337 e. The molecular weight excluding hydrogens is 330 g/mol. The number of benzene rings is 2. The molecular formula is C20H17N3O3. The molecule has 0 unspecified atom stereocenters. The zero-order valence-corrected chi connectivity index (χ0v) is 14.1. The number of hydrogen-bond acceptors (Lipinski definition) is 5. The summed E-state index contributed by atoms with van der Waals surface area (Å²) in [4.78, 5) is 28.1. The van der Waals surface area contributed by atoms with E-state index in [9.17, 15) is 9.59 Å². The average molecular weight is 347 g/mol. The maximum atomic E-state index is 12.4. The molecule has 1 amide bonds. The first kappa shape index (κ1) is 17.2. The first-order valence-corrected chi connectivity index (χ1v) is 7.92. The van der Waals surface area contributed by atoms with Crippen LogP contribution in [0.2, 0.25) is 0 Å². The highest BCUT2D eigenvalue weighted by atomic mass is 16.5. The van der Waals surface area contributed by atoms with Gasteiger partial charge < -0.3 is 15.4 Å². The minimum Gasteiger partial charge on any atom is -0.465 e. The number of para-hydroxylation sites is 1. The van der Waals surface area contributed by atoms with Crippen LogP contribution in [0.15, 0.2) is 73.1 Å². The fourth-order valence-electron chi connectivity index (χ4n) is 2.37. The van der Waals surface area contributed by atoms with Crippen LogP contribution in [0.1, 0.15) is 20.7 Å². The summed E-state index contributed by atoms with van der Waals surface area (Å²) in [6, 6.07) is 17.8. The highest BCUT2D eigenvalue weighted by molar-refractivity contribution is 6.04. The first-order chi connectivity index (χ1) is 12.7. The Kier molecular flexibility index (Phi) is 5.24. The summed E-state index contributed by atoms with van der Waals surface area (Å²) in [7, 11) is 1.33. The van der Waals surface area contributed by atoms with Crippen LogP contribution in [0.25, 0.3) is 0 Å². The normalized spacial score (nSPS) is 10.0. The van der Waals surface area contributed by atoms with E-state index in [1.165, 1.54) is 13.3 Å². The molecule has 130 valence electrons. The zero-order chi connectivity index (χ0) is 18.4. The minimum absolute atomic E-state index is 0.254. The standard InChI is InChI=1S/C20H17N3O3/c1-26-20(25)14-6-5-9-17(10-14)22-18-11-15(12-21-13-18)19(24)23-16-7-3-2-4-8-16/h2-13,22H,1H3,(H,23,24). The molecule has 0 saturated carbocycles. The molecule has 6 heteroatoms. The number of aromatic nitrogens is 1. The van der Waals surface area contributed by atoms with Crippen molar-refractivity contribution in [3.8, 4) is 0 Å². The molecule has 0 aliphatic rings. The predicted molar refractivity (Wildman–Crippen MR) is 99.7 cm³/mol. The van der Waals surface area contributed by atoms with E-state index < -0.39 is 5.97 Å². The van der Waals surface area contributed by atoms with Gasteiger partial charge in [0.25, 0.3) is 5.91 Å². The number of nitrogens with zero attached hydrogens (tertiary/aromatic N) is 1. The largest absolute Gasteiger partial charge is 0.465 e. The highest BCUT2D eigenvalue weighted by Crippen LogP contribution is 2.19. The van der Waals surface area contributed by atoms with Gasteiger partial charge >= 0.3 is 5.97 Å². The Bertz CT molecular complexity index is 926. The molecule has 3 rings (SSSR count). The summed E-state index contributed by atoms with van der Waals surface area (Å²) < 4.78 is 4.72. The van der Waals surface area contributed by atoms with E-state index in [4.69, 9.17) is 4.74 Å². The number of pyridine rings is 1. The van der Waals surface area contributed by atoms with Crippen molar-refractivity contribution in [2.75, 3.05) is 17.7 Å². The van der Waals surface area contributed by atoms with Crippen molar-refractivity contribution in [3.05, 3.63) is 84.2 Å². The lowest BCUT2D eigenvalue weighted by Crippen LogP contribution is -2.12. The van der Waals surface area contributed by atoms with Crippen LogP contribution in [0.5, 0.6) is 0 Å². The molecule has 0 spiro atoms. The highest BCUT2D eigenvalue weighted by Gasteiger charge is 2.09. The summed E-state index contributed by atoms with van der Waals surface area (Å²) in [5.74, 6) is -0.668. The first-order valence-electron chi connectivity index (χ1n) is 7.92. The van der Waals surface area contributed by atoms with Crippen LogP contribution >= 0.6 is 0 Å². The molecule has 0 fully saturated rings. The molecule has 0 aliphatic heterocycles. The molecule has 3 aromatic rings. The monoisotopic (exact) mass is 347 g/mol. The number of esters is 1. The average Bonchev–Trinajstić information content (AvgIpc) is 2.68. The van der Waals surface area contributed by atoms with Crippen LogP contribution in [-0.4, -0.2) is 24.0 Å². The van der Waals surface area contributed by atoms with Gasteiger partial charge in [-0.3, -0.25) is 9.78 Å². The SMILES string of the molecule is COC(=O)c1cccc(Nc2cncc(C(=O)Nc3ccccc3)c2)c1. The van der Waals surface area contributed by atoms with Crippen LogP contribution in [0.3, 0.4) is 0 Å². The molecule has 0 saturated heterocycles. The van der Waals surface area contributed by atoms with Gasteiger partial charge in [-0.1, -0.05) is 24.3 Å². The van der Waals surface area contributed by atoms with Crippen LogP contribution in [0, 0.1) is 0 Å². The number of rotatable bonds is 5. The molecule has 1 heterocycles. The molecule has 1 aromatic heterocycles. The quantitative estimate of drug-likeness (QED) is 0.685. The van der Waals surface area contributed by atoms with Crippen molar-refractivity contribution >= 4 is 28.9 Å². The Labute approximate surface area is 150 Å². The Morgan fingerprint density at radius 1 is 0.846 bits per heavy atom. The third kappa shape index (κ3) is 4.24. The van der Waals surface area contributed by atoms with E-state index in [2.05, 4.69) is 15.6 Å². The second-order valence-electron chi connectivity index (χ2n) is 5.48. The van der Waals surface area contributed by atoms with Gasteiger partial charge in [-0.15, -0.1) is 0 Å². The number of nitrogens with one attached hydrogen (secondary N) is 2. The second-order valence-corrected chi connectivity index (χ2v) is 5.48. The third-order valence-corrected chi connectivity index (χ3v) is 3.60. The number of ether oxygens (including phenoxy) is 1. The number of carbonyl (C=O) groups is 2. The fraction of sp³-hybridized carbons (Fsp3) is 0.0500. The van der Waals surface area contributed by atoms with Crippen LogP contribution in [-0.2, 0) is 4.74 Å². The van der Waals surface area contributed by atoms with Crippen molar-refractivity contribution in [1.29, 1.82) is 0 Å². The Balaban J connectivity index is 1.75. The van der Waals surface area contributed by atoms with E-state index in [-0.39, 0.29) is 5.91 Å². The Morgan fingerprint density at radius 2 is 1.58 bits per heavy atom. The predicted octanol–water partition coefficient (Wildman–Crippen LogP) is 3.86. The molecule has 0 atom stereocenters. The van der Waals surface area contributed by atoms with Gasteiger partial charge in [0.2, 0.25) is 0 Å². The molecule has 2 aromatic carbocycles. The van der Waals surface area contributed by atoms with Gasteiger partial charge in [0.05, 0.1) is 30.1 Å². The van der Waals surface area contributed by atoms with Crippen molar-refractivity contribution in [1.82, 2.24) is 4.98 Å². The van der Waals surface area contributed by atoms with Crippen molar-refractivity contribution < 1.29 is 14.3 Å². The second kappa shape index (κ2) is 7.94. The minimum atomic E-state index is -0.414. The van der Waals surface area contributed by atoms with Gasteiger partial charge in [0, 0.05) is 17.6 Å². The number of methoxy groups -OCH3 is 1.